The van der Waals surface area contributed by atoms with Crippen LogP contribution >= 0.6 is 0 Å². The van der Waals surface area contributed by atoms with Crippen molar-refractivity contribution in [1.29, 1.82) is 0 Å². The Morgan fingerprint density at radius 3 is 2.93 bits per heavy atom. The maximum absolute atomic E-state index is 4.40. The molecule has 4 nitrogen and oxygen atoms in total. The van der Waals surface area contributed by atoms with Crippen LogP contribution in [-0.2, 0) is 0 Å². The first kappa shape index (κ1) is 10.0. The molecule has 1 N–H and O–H groups in total. The highest BCUT2D eigenvalue weighted by atomic mass is 15.1. The van der Waals surface area contributed by atoms with Crippen molar-refractivity contribution in [3.05, 3.63) is 30.1 Å². The van der Waals surface area contributed by atoms with E-state index in [4.69, 9.17) is 0 Å². The number of hydrogen-bond donors (Lipinski definition) is 1. The average Bonchev–Trinajstić information content (AvgIpc) is 2.55. The van der Waals surface area contributed by atoms with E-state index in [1.807, 2.05) is 62.2 Å². The maximum atomic E-state index is 4.40. The minimum Gasteiger partial charge on any atom is -0.403 e. The molecule has 0 unspecified atom stereocenters. The molecule has 0 aliphatic heterocycles. The van der Waals surface area contributed by atoms with E-state index in [2.05, 4.69) is 10.2 Å². The molecular formula is C10H14BN4. The number of fused-ring (bicyclic) bond motifs is 1. The Hall–Kier alpha value is -1.49. The van der Waals surface area contributed by atoms with Crippen LogP contribution in [0.25, 0.3) is 5.65 Å². The van der Waals surface area contributed by atoms with Gasteiger partial charge in [0.25, 0.3) is 0 Å². The molecule has 0 aliphatic carbocycles. The summed E-state index contributed by atoms with van der Waals surface area (Å²) in [6.07, 6.45) is 2.02. The summed E-state index contributed by atoms with van der Waals surface area (Å²) < 4.78 is 2.04. The Labute approximate surface area is 90.2 Å². The Balaban J connectivity index is 2.33. The molecule has 77 valence electrons. The van der Waals surface area contributed by atoms with E-state index >= 15 is 0 Å². The fraction of sp³-hybridized carbons (Fsp3) is 0.300. The molecule has 2 rings (SSSR count). The highest BCUT2D eigenvalue weighted by Crippen LogP contribution is 2.12. The molecule has 1 radical (unpaired) electrons. The number of rotatable bonds is 3. The summed E-state index contributed by atoms with van der Waals surface area (Å²) in [6, 6.07) is 6.01. The van der Waals surface area contributed by atoms with E-state index in [0.29, 0.717) is 0 Å². The first-order valence-corrected chi connectivity index (χ1v) is 4.88. The van der Waals surface area contributed by atoms with Gasteiger partial charge in [-0.05, 0) is 33.2 Å². The minimum atomic E-state index is 0.963. The maximum Gasteiger partial charge on any atom is 0.350 e. The van der Waals surface area contributed by atoms with E-state index in [-0.39, 0.29) is 0 Å². The van der Waals surface area contributed by atoms with Crippen LogP contribution < -0.4 is 5.23 Å². The topological polar surface area (TPSA) is 32.6 Å². The Bertz CT molecular complexity index is 463. The van der Waals surface area contributed by atoms with Gasteiger partial charge in [0.2, 0.25) is 0 Å². The van der Waals surface area contributed by atoms with Crippen molar-refractivity contribution in [3.8, 4) is 0 Å². The van der Waals surface area contributed by atoms with Crippen LogP contribution in [0.1, 0.15) is 5.69 Å². The Morgan fingerprint density at radius 1 is 1.40 bits per heavy atom. The van der Waals surface area contributed by atoms with E-state index in [1.54, 1.807) is 0 Å². The van der Waals surface area contributed by atoms with Crippen LogP contribution in [-0.4, -0.2) is 35.8 Å². The fourth-order valence-corrected chi connectivity index (χ4v) is 1.45. The summed E-state index contributed by atoms with van der Waals surface area (Å²) in [5.41, 5.74) is 1.98. The first-order valence-electron chi connectivity index (χ1n) is 4.88. The standard InChI is InChI=1S/C10H14BN4/c1-8-7-15-9(12-8)5-4-6-10(15)13-11-14(2)3/h4-7,13H,1-3H3. The molecule has 0 amide bonds. The quantitative estimate of drug-likeness (QED) is 0.756. The first-order chi connectivity index (χ1) is 7.16. The smallest absolute Gasteiger partial charge is 0.350 e. The number of hydrogen-bond acceptors (Lipinski definition) is 3. The van der Waals surface area contributed by atoms with Gasteiger partial charge in [-0.1, -0.05) is 6.07 Å². The van der Waals surface area contributed by atoms with Crippen LogP contribution in [0.5, 0.6) is 0 Å². The van der Waals surface area contributed by atoms with Gasteiger partial charge in [-0.15, -0.1) is 0 Å². The van der Waals surface area contributed by atoms with Gasteiger partial charge in [0.05, 0.1) is 11.5 Å². The van der Waals surface area contributed by atoms with Crippen molar-refractivity contribution < 1.29 is 0 Å². The van der Waals surface area contributed by atoms with Gasteiger partial charge in [-0.25, -0.2) is 4.98 Å². The molecule has 5 heteroatoms. The molecule has 0 atom stereocenters. The van der Waals surface area contributed by atoms with Crippen molar-refractivity contribution in [2.75, 3.05) is 19.3 Å². The molecule has 0 aromatic carbocycles. The van der Waals surface area contributed by atoms with E-state index in [9.17, 15) is 0 Å². The normalized spacial score (nSPS) is 10.9. The number of nitrogens with zero attached hydrogens (tertiary/aromatic N) is 3. The van der Waals surface area contributed by atoms with Gasteiger partial charge in [0.15, 0.2) is 0 Å². The van der Waals surface area contributed by atoms with E-state index in [1.165, 1.54) is 0 Å². The zero-order valence-corrected chi connectivity index (χ0v) is 9.23. The number of anilines is 1. The summed E-state index contributed by atoms with van der Waals surface area (Å²) in [4.78, 5) is 6.36. The predicted molar refractivity (Wildman–Crippen MR) is 63.0 cm³/mol. The molecule has 0 spiro atoms. The highest BCUT2D eigenvalue weighted by Gasteiger charge is 2.03. The highest BCUT2D eigenvalue weighted by molar-refractivity contribution is 6.36. The summed E-state index contributed by atoms with van der Waals surface area (Å²) in [5, 5.41) is 3.22. The number of pyridine rings is 1. The van der Waals surface area contributed by atoms with Crippen molar-refractivity contribution in [1.82, 2.24) is 14.2 Å². The third-order valence-corrected chi connectivity index (χ3v) is 2.08. The molecular weight excluding hydrogens is 187 g/mol. The lowest BCUT2D eigenvalue weighted by Crippen LogP contribution is -2.25. The second-order valence-electron chi connectivity index (χ2n) is 3.76. The molecule has 0 fully saturated rings. The van der Waals surface area contributed by atoms with Crippen LogP contribution in [0, 0.1) is 6.92 Å². The van der Waals surface area contributed by atoms with Gasteiger partial charge in [0, 0.05) is 6.20 Å². The fourth-order valence-electron chi connectivity index (χ4n) is 1.45. The van der Waals surface area contributed by atoms with E-state index < -0.39 is 0 Å². The zero-order chi connectivity index (χ0) is 10.8. The monoisotopic (exact) mass is 201 g/mol. The van der Waals surface area contributed by atoms with Gasteiger partial charge >= 0.3 is 7.55 Å². The van der Waals surface area contributed by atoms with E-state index in [0.717, 1.165) is 17.2 Å². The van der Waals surface area contributed by atoms with Crippen LogP contribution in [0.3, 0.4) is 0 Å². The minimum absolute atomic E-state index is 0.963. The lowest BCUT2D eigenvalue weighted by atomic mass is 10.1. The molecule has 0 saturated heterocycles. The van der Waals surface area contributed by atoms with Gasteiger partial charge in [0.1, 0.15) is 5.65 Å². The second kappa shape index (κ2) is 3.94. The molecule has 2 aromatic heterocycles. The summed E-state index contributed by atoms with van der Waals surface area (Å²) in [7, 11) is 5.86. The predicted octanol–water partition coefficient (Wildman–Crippen LogP) is 1.15. The van der Waals surface area contributed by atoms with Crippen LogP contribution in [0.4, 0.5) is 5.82 Å². The summed E-state index contributed by atoms with van der Waals surface area (Å²) in [5.74, 6) is 1.02. The van der Waals surface area contributed by atoms with Gasteiger partial charge < -0.3 is 10.0 Å². The average molecular weight is 201 g/mol. The molecule has 2 aromatic rings. The lowest BCUT2D eigenvalue weighted by Gasteiger charge is -2.11. The van der Waals surface area contributed by atoms with Gasteiger partial charge in [-0.2, -0.15) is 0 Å². The zero-order valence-electron chi connectivity index (χ0n) is 9.23. The largest absolute Gasteiger partial charge is 0.403 e. The van der Waals surface area contributed by atoms with Crippen LogP contribution in [0.2, 0.25) is 0 Å². The Kier molecular flexibility index (Phi) is 2.64. The molecule has 0 bridgehead atoms. The second-order valence-corrected chi connectivity index (χ2v) is 3.76. The molecule has 15 heavy (non-hydrogen) atoms. The molecule has 0 saturated carbocycles. The van der Waals surface area contributed by atoms with Crippen molar-refractivity contribution in [2.24, 2.45) is 0 Å². The molecule has 0 aliphatic rings. The summed E-state index contributed by atoms with van der Waals surface area (Å²) in [6.45, 7) is 1.99. The van der Waals surface area contributed by atoms with Crippen LogP contribution in [0.15, 0.2) is 24.4 Å². The number of aromatic nitrogens is 2. The molecule has 2 heterocycles. The number of nitrogens with one attached hydrogen (secondary N) is 1. The number of aryl methyl sites for hydroxylation is 1. The third-order valence-electron chi connectivity index (χ3n) is 2.08. The lowest BCUT2D eigenvalue weighted by molar-refractivity contribution is 0.664. The number of imidazole rings is 1. The van der Waals surface area contributed by atoms with Crippen molar-refractivity contribution >= 4 is 19.0 Å². The SMILES string of the molecule is Cc1cn2c(N[B]N(C)C)cccc2n1. The van der Waals surface area contributed by atoms with Crippen molar-refractivity contribution in [3.63, 3.8) is 0 Å². The Morgan fingerprint density at radius 2 is 2.20 bits per heavy atom. The third kappa shape index (κ3) is 2.13. The van der Waals surface area contributed by atoms with Crippen molar-refractivity contribution in [2.45, 2.75) is 6.92 Å². The van der Waals surface area contributed by atoms with Gasteiger partial charge in [-0.3, -0.25) is 4.40 Å². The summed E-state index contributed by atoms with van der Waals surface area (Å²) >= 11 is 0.